The summed E-state index contributed by atoms with van der Waals surface area (Å²) in [7, 11) is 0. The Hall–Kier alpha value is -0.830. The first-order chi connectivity index (χ1) is 6.27. The minimum Gasteiger partial charge on any atom is -0.325 e. The predicted molar refractivity (Wildman–Crippen MR) is 55.5 cm³/mol. The fourth-order valence-electron chi connectivity index (χ4n) is 1.14. The Bertz CT molecular complexity index is 333. The molecule has 0 radical (unpaired) electrons. The van der Waals surface area contributed by atoms with Gasteiger partial charge in [0.15, 0.2) is 0 Å². The van der Waals surface area contributed by atoms with Crippen LogP contribution in [0.3, 0.4) is 0 Å². The molecule has 3 heteroatoms. The molecule has 1 aromatic rings. The predicted octanol–water partition coefficient (Wildman–Crippen LogP) is 2.80. The highest BCUT2D eigenvalue weighted by molar-refractivity contribution is 9.10. The molecule has 2 nitrogen and oxygen atoms in total. The van der Waals surface area contributed by atoms with Crippen molar-refractivity contribution in [1.29, 1.82) is 0 Å². The zero-order chi connectivity index (χ0) is 9.26. The van der Waals surface area contributed by atoms with Crippen molar-refractivity contribution in [3.63, 3.8) is 0 Å². The van der Waals surface area contributed by atoms with E-state index in [9.17, 15) is 4.79 Å². The third-order valence-corrected chi connectivity index (χ3v) is 2.77. The quantitative estimate of drug-likeness (QED) is 0.846. The van der Waals surface area contributed by atoms with Crippen LogP contribution in [0.25, 0.3) is 0 Å². The van der Waals surface area contributed by atoms with Crippen molar-refractivity contribution in [3.8, 4) is 0 Å². The first kappa shape index (κ1) is 8.75. The molecule has 68 valence electrons. The SMILES string of the molecule is O=C(Nc1ccccc1Br)C1CC1. The van der Waals surface area contributed by atoms with Gasteiger partial charge in [-0.1, -0.05) is 12.1 Å². The highest BCUT2D eigenvalue weighted by atomic mass is 79.9. The van der Waals surface area contributed by atoms with Gasteiger partial charge < -0.3 is 5.32 Å². The van der Waals surface area contributed by atoms with Crippen molar-refractivity contribution in [1.82, 2.24) is 0 Å². The van der Waals surface area contributed by atoms with Crippen LogP contribution in [0.5, 0.6) is 0 Å². The van der Waals surface area contributed by atoms with Crippen LogP contribution in [0.2, 0.25) is 0 Å². The first-order valence-corrected chi connectivity index (χ1v) is 5.12. The van der Waals surface area contributed by atoms with Crippen molar-refractivity contribution in [2.75, 3.05) is 5.32 Å². The Balaban J connectivity index is 2.08. The molecule has 0 unspecified atom stereocenters. The van der Waals surface area contributed by atoms with Crippen LogP contribution in [-0.2, 0) is 4.79 Å². The first-order valence-electron chi connectivity index (χ1n) is 4.33. The van der Waals surface area contributed by atoms with Crippen LogP contribution in [0.1, 0.15) is 12.8 Å². The summed E-state index contributed by atoms with van der Waals surface area (Å²) in [6.45, 7) is 0. The number of benzene rings is 1. The minimum absolute atomic E-state index is 0.145. The monoisotopic (exact) mass is 239 g/mol. The van der Waals surface area contributed by atoms with E-state index in [1.165, 1.54) is 0 Å². The summed E-state index contributed by atoms with van der Waals surface area (Å²) < 4.78 is 0.934. The number of rotatable bonds is 2. The summed E-state index contributed by atoms with van der Waals surface area (Å²) in [5.74, 6) is 0.402. The van der Waals surface area contributed by atoms with Gasteiger partial charge in [-0.3, -0.25) is 4.79 Å². The molecule has 1 saturated carbocycles. The standard InChI is InChI=1S/C10H10BrNO/c11-8-3-1-2-4-9(8)12-10(13)7-5-6-7/h1-4,7H,5-6H2,(H,12,13). The van der Waals surface area contributed by atoms with Crippen LogP contribution in [0, 0.1) is 5.92 Å². The molecule has 1 fully saturated rings. The number of carbonyl (C=O) groups excluding carboxylic acids is 1. The lowest BCUT2D eigenvalue weighted by Gasteiger charge is -2.05. The van der Waals surface area contributed by atoms with Crippen LogP contribution in [0.4, 0.5) is 5.69 Å². The van der Waals surface area contributed by atoms with Crippen LogP contribution in [-0.4, -0.2) is 5.91 Å². The van der Waals surface area contributed by atoms with Gasteiger partial charge in [-0.05, 0) is 40.9 Å². The van der Waals surface area contributed by atoms with Gasteiger partial charge in [-0.15, -0.1) is 0 Å². The van der Waals surface area contributed by atoms with Crippen LogP contribution < -0.4 is 5.32 Å². The van der Waals surface area contributed by atoms with E-state index in [2.05, 4.69) is 21.2 Å². The lowest BCUT2D eigenvalue weighted by molar-refractivity contribution is -0.117. The Morgan fingerprint density at radius 3 is 2.69 bits per heavy atom. The Labute approximate surface area is 85.5 Å². The molecule has 0 spiro atoms. The third kappa shape index (κ3) is 2.10. The molecule has 0 heterocycles. The van der Waals surface area contributed by atoms with Gasteiger partial charge in [0.2, 0.25) is 5.91 Å². The third-order valence-electron chi connectivity index (χ3n) is 2.08. The van der Waals surface area contributed by atoms with Gasteiger partial charge in [0.05, 0.1) is 5.69 Å². The van der Waals surface area contributed by atoms with E-state index in [0.29, 0.717) is 0 Å². The Morgan fingerprint density at radius 2 is 2.08 bits per heavy atom. The van der Waals surface area contributed by atoms with Crippen molar-refractivity contribution >= 4 is 27.5 Å². The van der Waals surface area contributed by atoms with Gasteiger partial charge >= 0.3 is 0 Å². The maximum Gasteiger partial charge on any atom is 0.227 e. The average Bonchev–Trinajstić information content (AvgIpc) is 2.91. The van der Waals surface area contributed by atoms with Crippen molar-refractivity contribution in [2.24, 2.45) is 5.92 Å². The molecular weight excluding hydrogens is 230 g/mol. The minimum atomic E-state index is 0.145. The number of anilines is 1. The molecule has 1 aliphatic carbocycles. The molecule has 1 aliphatic rings. The van der Waals surface area contributed by atoms with Gasteiger partial charge in [0, 0.05) is 10.4 Å². The van der Waals surface area contributed by atoms with Crippen molar-refractivity contribution < 1.29 is 4.79 Å². The van der Waals surface area contributed by atoms with E-state index in [-0.39, 0.29) is 11.8 Å². The summed E-state index contributed by atoms with van der Waals surface area (Å²) in [4.78, 5) is 11.4. The van der Waals surface area contributed by atoms with Crippen molar-refractivity contribution in [3.05, 3.63) is 28.7 Å². The second kappa shape index (κ2) is 3.50. The van der Waals surface area contributed by atoms with E-state index < -0.39 is 0 Å². The molecule has 0 aliphatic heterocycles. The number of para-hydroxylation sites is 1. The normalized spacial score (nSPS) is 15.5. The fourth-order valence-corrected chi connectivity index (χ4v) is 1.53. The summed E-state index contributed by atoms with van der Waals surface area (Å²) in [6.07, 6.45) is 2.08. The second-order valence-electron chi connectivity index (χ2n) is 3.24. The lowest BCUT2D eigenvalue weighted by Crippen LogP contribution is -2.13. The maximum atomic E-state index is 11.4. The Morgan fingerprint density at radius 1 is 1.38 bits per heavy atom. The number of nitrogens with one attached hydrogen (secondary N) is 1. The van der Waals surface area contributed by atoms with Gasteiger partial charge in [0.25, 0.3) is 0 Å². The number of halogens is 1. The zero-order valence-electron chi connectivity index (χ0n) is 7.09. The molecule has 0 aromatic heterocycles. The summed E-state index contributed by atoms with van der Waals surface area (Å²) in [5, 5.41) is 2.89. The van der Waals surface area contributed by atoms with E-state index in [1.807, 2.05) is 24.3 Å². The molecule has 0 saturated heterocycles. The van der Waals surface area contributed by atoms with Crippen LogP contribution in [0.15, 0.2) is 28.7 Å². The van der Waals surface area contributed by atoms with Crippen molar-refractivity contribution in [2.45, 2.75) is 12.8 Å². The maximum absolute atomic E-state index is 11.4. The van der Waals surface area contributed by atoms with E-state index in [1.54, 1.807) is 0 Å². The highest BCUT2D eigenvalue weighted by Crippen LogP contribution is 2.31. The number of hydrogen-bond donors (Lipinski definition) is 1. The molecule has 2 rings (SSSR count). The molecule has 0 atom stereocenters. The van der Waals surface area contributed by atoms with E-state index >= 15 is 0 Å². The fraction of sp³-hybridized carbons (Fsp3) is 0.300. The number of carbonyl (C=O) groups is 1. The van der Waals surface area contributed by atoms with Gasteiger partial charge in [0.1, 0.15) is 0 Å². The molecule has 1 amide bonds. The molecular formula is C10H10BrNO. The second-order valence-corrected chi connectivity index (χ2v) is 4.10. The average molecular weight is 240 g/mol. The van der Waals surface area contributed by atoms with Crippen LogP contribution >= 0.6 is 15.9 Å². The topological polar surface area (TPSA) is 29.1 Å². The molecule has 13 heavy (non-hydrogen) atoms. The summed E-state index contributed by atoms with van der Waals surface area (Å²) >= 11 is 3.38. The number of amides is 1. The summed E-state index contributed by atoms with van der Waals surface area (Å²) in [6, 6.07) is 7.65. The smallest absolute Gasteiger partial charge is 0.227 e. The summed E-state index contributed by atoms with van der Waals surface area (Å²) in [5.41, 5.74) is 0.861. The van der Waals surface area contributed by atoms with Gasteiger partial charge in [-0.25, -0.2) is 0 Å². The largest absolute Gasteiger partial charge is 0.325 e. The highest BCUT2D eigenvalue weighted by Gasteiger charge is 2.29. The Kier molecular flexibility index (Phi) is 2.36. The molecule has 0 bridgehead atoms. The van der Waals surface area contributed by atoms with E-state index in [4.69, 9.17) is 0 Å². The molecule has 1 aromatic carbocycles. The van der Waals surface area contributed by atoms with Gasteiger partial charge in [-0.2, -0.15) is 0 Å². The lowest BCUT2D eigenvalue weighted by atomic mass is 10.3. The number of hydrogen-bond acceptors (Lipinski definition) is 1. The van der Waals surface area contributed by atoms with E-state index in [0.717, 1.165) is 23.0 Å². The zero-order valence-corrected chi connectivity index (χ0v) is 8.67. The molecule has 1 N–H and O–H groups in total.